The minimum atomic E-state index is 0.0632. The van der Waals surface area contributed by atoms with Crippen LogP contribution in [0.2, 0.25) is 0 Å². The Morgan fingerprint density at radius 3 is 3.00 bits per heavy atom. The third-order valence-electron chi connectivity index (χ3n) is 3.32. The Bertz CT molecular complexity index is 420. The van der Waals surface area contributed by atoms with Crippen molar-refractivity contribution in [3.8, 4) is 5.75 Å². The highest BCUT2D eigenvalue weighted by Crippen LogP contribution is 2.22. The van der Waals surface area contributed by atoms with Crippen molar-refractivity contribution in [3.05, 3.63) is 24.0 Å². The van der Waals surface area contributed by atoms with Crippen LogP contribution in [-0.4, -0.2) is 30.5 Å². The van der Waals surface area contributed by atoms with Crippen molar-refractivity contribution in [2.45, 2.75) is 20.3 Å². The zero-order valence-corrected chi connectivity index (χ0v) is 11.0. The average molecular weight is 248 g/mol. The van der Waals surface area contributed by atoms with Gasteiger partial charge in [0.15, 0.2) is 5.78 Å². The average Bonchev–Trinajstić information content (AvgIpc) is 2.82. The van der Waals surface area contributed by atoms with Gasteiger partial charge in [0.05, 0.1) is 12.8 Å². The number of nitrogens with one attached hydrogen (secondary N) is 1. The van der Waals surface area contributed by atoms with Gasteiger partial charge in [0.25, 0.3) is 0 Å². The summed E-state index contributed by atoms with van der Waals surface area (Å²) in [4.78, 5) is 16.4. The molecule has 0 aromatic carbocycles. The predicted molar refractivity (Wildman–Crippen MR) is 69.9 cm³/mol. The molecule has 1 saturated heterocycles. The van der Waals surface area contributed by atoms with E-state index in [9.17, 15) is 4.79 Å². The van der Waals surface area contributed by atoms with Crippen LogP contribution in [0, 0.1) is 11.8 Å². The lowest BCUT2D eigenvalue weighted by Gasteiger charge is -2.13. The van der Waals surface area contributed by atoms with Gasteiger partial charge in [-0.3, -0.25) is 9.78 Å². The second kappa shape index (κ2) is 5.96. The summed E-state index contributed by atoms with van der Waals surface area (Å²) in [5.41, 5.74) is 0.657. The summed E-state index contributed by atoms with van der Waals surface area (Å²) in [5.74, 6) is 1.30. The number of nitrogens with zero attached hydrogens (tertiary/aromatic N) is 1. The molecule has 0 saturated carbocycles. The van der Waals surface area contributed by atoms with E-state index in [0.717, 1.165) is 19.5 Å². The maximum Gasteiger partial charge on any atom is 0.169 e. The Labute approximate surface area is 108 Å². The van der Waals surface area contributed by atoms with Gasteiger partial charge in [0, 0.05) is 24.2 Å². The van der Waals surface area contributed by atoms with Crippen molar-refractivity contribution in [1.82, 2.24) is 10.3 Å². The van der Waals surface area contributed by atoms with E-state index < -0.39 is 0 Å². The lowest BCUT2D eigenvalue weighted by molar-refractivity contribution is 0.0907. The molecule has 18 heavy (non-hydrogen) atoms. The van der Waals surface area contributed by atoms with Gasteiger partial charge in [0.2, 0.25) is 0 Å². The first-order chi connectivity index (χ1) is 8.72. The normalized spacial score (nSPS) is 23.0. The molecule has 4 nitrogen and oxygen atoms in total. The van der Waals surface area contributed by atoms with Crippen molar-refractivity contribution in [3.63, 3.8) is 0 Å². The van der Waals surface area contributed by atoms with Gasteiger partial charge < -0.3 is 10.1 Å². The fourth-order valence-electron chi connectivity index (χ4n) is 2.23. The van der Waals surface area contributed by atoms with E-state index in [0.29, 0.717) is 23.8 Å². The third-order valence-corrected chi connectivity index (χ3v) is 3.32. The first-order valence-corrected chi connectivity index (χ1v) is 6.55. The summed E-state index contributed by atoms with van der Waals surface area (Å²) in [5, 5.41) is 3.25. The van der Waals surface area contributed by atoms with Gasteiger partial charge in [-0.2, -0.15) is 0 Å². The Morgan fingerprint density at radius 1 is 1.50 bits per heavy atom. The molecule has 1 aliphatic rings. The molecule has 1 aromatic rings. The summed E-state index contributed by atoms with van der Waals surface area (Å²) >= 11 is 0. The minimum Gasteiger partial charge on any atom is -0.492 e. The summed E-state index contributed by atoms with van der Waals surface area (Å²) in [6, 6.07) is 1.80. The van der Waals surface area contributed by atoms with E-state index in [1.54, 1.807) is 18.5 Å². The number of ether oxygens (including phenoxy) is 1. The number of pyridine rings is 1. The van der Waals surface area contributed by atoms with Crippen LogP contribution >= 0.6 is 0 Å². The molecule has 0 amide bonds. The van der Waals surface area contributed by atoms with Crippen LogP contribution < -0.4 is 10.1 Å². The minimum absolute atomic E-state index is 0.0632. The Hall–Kier alpha value is -1.42. The molecule has 98 valence electrons. The van der Waals surface area contributed by atoms with Gasteiger partial charge in [0.1, 0.15) is 5.75 Å². The van der Waals surface area contributed by atoms with Crippen molar-refractivity contribution < 1.29 is 9.53 Å². The molecule has 1 aromatic heterocycles. The van der Waals surface area contributed by atoms with Crippen molar-refractivity contribution in [2.24, 2.45) is 11.8 Å². The van der Waals surface area contributed by atoms with Crippen LogP contribution in [0.1, 0.15) is 30.6 Å². The highest BCUT2D eigenvalue weighted by molar-refractivity contribution is 5.98. The molecule has 1 aliphatic heterocycles. The van der Waals surface area contributed by atoms with E-state index in [4.69, 9.17) is 4.74 Å². The lowest BCUT2D eigenvalue weighted by Crippen LogP contribution is -2.21. The van der Waals surface area contributed by atoms with E-state index in [1.165, 1.54) is 0 Å². The van der Waals surface area contributed by atoms with E-state index in [-0.39, 0.29) is 11.7 Å². The molecule has 0 aliphatic carbocycles. The maximum absolute atomic E-state index is 12.3. The molecule has 0 radical (unpaired) electrons. The van der Waals surface area contributed by atoms with Gasteiger partial charge in [-0.25, -0.2) is 0 Å². The Balaban J connectivity index is 2.10. The van der Waals surface area contributed by atoms with Gasteiger partial charge in [-0.15, -0.1) is 0 Å². The van der Waals surface area contributed by atoms with Gasteiger partial charge >= 0.3 is 0 Å². The number of aromatic nitrogens is 1. The lowest BCUT2D eigenvalue weighted by atomic mass is 9.90. The van der Waals surface area contributed by atoms with Crippen molar-refractivity contribution in [1.29, 1.82) is 0 Å². The SMILES string of the molecule is CCCOc1cncc(C(=O)C2CNCC2C)c1. The number of carbonyl (C=O) groups excluding carboxylic acids is 1. The molecule has 2 heterocycles. The van der Waals surface area contributed by atoms with Gasteiger partial charge in [-0.1, -0.05) is 13.8 Å². The topological polar surface area (TPSA) is 51.2 Å². The van der Waals surface area contributed by atoms with Crippen LogP contribution in [0.5, 0.6) is 5.75 Å². The predicted octanol–water partition coefficient (Wildman–Crippen LogP) is 1.91. The number of rotatable bonds is 5. The Kier molecular flexibility index (Phi) is 4.31. The maximum atomic E-state index is 12.3. The summed E-state index contributed by atoms with van der Waals surface area (Å²) < 4.78 is 5.51. The molecule has 0 bridgehead atoms. The Morgan fingerprint density at radius 2 is 2.33 bits per heavy atom. The summed E-state index contributed by atoms with van der Waals surface area (Å²) in [6.45, 7) is 6.48. The number of Topliss-reactive ketones (excluding diaryl/α,β-unsaturated/α-hetero) is 1. The highest BCUT2D eigenvalue weighted by Gasteiger charge is 2.30. The van der Waals surface area contributed by atoms with E-state index in [1.807, 2.05) is 6.92 Å². The summed E-state index contributed by atoms with van der Waals surface area (Å²) in [6.07, 6.45) is 4.23. The van der Waals surface area contributed by atoms with Crippen LogP contribution in [-0.2, 0) is 0 Å². The molecule has 4 heteroatoms. The zero-order chi connectivity index (χ0) is 13.0. The number of hydrogen-bond acceptors (Lipinski definition) is 4. The standard InChI is InChI=1S/C14H20N2O2/c1-3-4-18-12-5-11(7-16-8-12)14(17)13-9-15-6-10(13)2/h5,7-8,10,13,15H,3-4,6,9H2,1-2H3. The number of ketones is 1. The summed E-state index contributed by atoms with van der Waals surface area (Å²) in [7, 11) is 0. The first-order valence-electron chi connectivity index (χ1n) is 6.55. The molecule has 1 N–H and O–H groups in total. The van der Waals surface area contributed by atoms with Crippen LogP contribution in [0.25, 0.3) is 0 Å². The second-order valence-electron chi connectivity index (χ2n) is 4.86. The highest BCUT2D eigenvalue weighted by atomic mass is 16.5. The van der Waals surface area contributed by atoms with Crippen LogP contribution in [0.4, 0.5) is 0 Å². The zero-order valence-electron chi connectivity index (χ0n) is 11.0. The molecule has 2 atom stereocenters. The van der Waals surface area contributed by atoms with Crippen LogP contribution in [0.15, 0.2) is 18.5 Å². The van der Waals surface area contributed by atoms with Crippen LogP contribution in [0.3, 0.4) is 0 Å². The van der Waals surface area contributed by atoms with Gasteiger partial charge in [-0.05, 0) is 24.9 Å². The van der Waals surface area contributed by atoms with Crippen molar-refractivity contribution >= 4 is 5.78 Å². The third kappa shape index (κ3) is 2.88. The second-order valence-corrected chi connectivity index (χ2v) is 4.86. The smallest absolute Gasteiger partial charge is 0.169 e. The van der Waals surface area contributed by atoms with Crippen molar-refractivity contribution in [2.75, 3.05) is 19.7 Å². The largest absolute Gasteiger partial charge is 0.492 e. The molecular formula is C14H20N2O2. The molecule has 2 unspecified atom stereocenters. The first kappa shape index (κ1) is 13.0. The number of hydrogen-bond donors (Lipinski definition) is 1. The fourth-order valence-corrected chi connectivity index (χ4v) is 2.23. The number of carbonyl (C=O) groups is 1. The molecule has 0 spiro atoms. The fraction of sp³-hybridized carbons (Fsp3) is 0.571. The van der Waals surface area contributed by atoms with E-state index in [2.05, 4.69) is 17.2 Å². The molecule has 1 fully saturated rings. The monoisotopic (exact) mass is 248 g/mol. The molecular weight excluding hydrogens is 228 g/mol. The molecule has 2 rings (SSSR count). The van der Waals surface area contributed by atoms with E-state index >= 15 is 0 Å². The quantitative estimate of drug-likeness (QED) is 0.809.